The van der Waals surface area contributed by atoms with Crippen LogP contribution in [-0.2, 0) is 6.42 Å². The van der Waals surface area contributed by atoms with Crippen molar-refractivity contribution in [1.82, 2.24) is 14.9 Å². The summed E-state index contributed by atoms with van der Waals surface area (Å²) in [5.41, 5.74) is 12.7. The van der Waals surface area contributed by atoms with Gasteiger partial charge in [0.25, 0.3) is 0 Å². The molecule has 6 heteroatoms. The van der Waals surface area contributed by atoms with Crippen molar-refractivity contribution < 1.29 is 5.11 Å². The molecule has 1 aromatic heterocycles. The standard InChI is InChI=1S/C21H20N4.C4H11NO.C2H6/c1-13-20-18(22)11-15(12-19(20)25-21(23)24-13)17-10-6-5-9-16(17)14-7-3-2-4-8-14;1-5(2)3-4-6;1-2/h2-10,15,22H,11-12H2,1H3,(H2,23,24,25);6H,3-4H2,1-2H3;1-2H3. The molecule has 0 saturated carbocycles. The van der Waals surface area contributed by atoms with E-state index in [0.29, 0.717) is 18.1 Å². The first kappa shape index (κ1) is 26.2. The molecule has 0 amide bonds. The van der Waals surface area contributed by atoms with Gasteiger partial charge < -0.3 is 21.1 Å². The van der Waals surface area contributed by atoms with Crippen molar-refractivity contribution in [1.29, 1.82) is 5.41 Å². The SMILES string of the molecule is CC.CN(C)CCO.Cc1nc(N)nc2c1C(=N)CC(c1ccccc1-c1ccccc1)C2. The summed E-state index contributed by atoms with van der Waals surface area (Å²) in [6.45, 7) is 6.93. The van der Waals surface area contributed by atoms with E-state index < -0.39 is 0 Å². The van der Waals surface area contributed by atoms with Crippen molar-refractivity contribution in [3.63, 3.8) is 0 Å². The maximum absolute atomic E-state index is 8.52. The van der Waals surface area contributed by atoms with Gasteiger partial charge in [0.15, 0.2) is 0 Å². The van der Waals surface area contributed by atoms with Crippen LogP contribution in [-0.4, -0.2) is 52.9 Å². The third-order valence-electron chi connectivity index (χ3n) is 5.41. The molecule has 2 aromatic carbocycles. The summed E-state index contributed by atoms with van der Waals surface area (Å²) < 4.78 is 0. The van der Waals surface area contributed by atoms with E-state index in [4.69, 9.17) is 16.2 Å². The van der Waals surface area contributed by atoms with E-state index in [9.17, 15) is 0 Å². The van der Waals surface area contributed by atoms with E-state index in [-0.39, 0.29) is 12.5 Å². The van der Waals surface area contributed by atoms with Crippen LogP contribution < -0.4 is 5.73 Å². The highest BCUT2D eigenvalue weighted by atomic mass is 16.3. The Morgan fingerprint density at radius 2 is 1.64 bits per heavy atom. The Labute approximate surface area is 198 Å². The summed E-state index contributed by atoms with van der Waals surface area (Å²) in [7, 11) is 3.85. The number of hydrogen-bond donors (Lipinski definition) is 3. The highest BCUT2D eigenvalue weighted by molar-refractivity contribution is 6.01. The zero-order valence-electron chi connectivity index (χ0n) is 20.5. The molecule has 0 bridgehead atoms. The number of aryl methyl sites for hydroxylation is 1. The van der Waals surface area contributed by atoms with Crippen LogP contribution in [0.4, 0.5) is 5.95 Å². The van der Waals surface area contributed by atoms with E-state index in [1.807, 2.05) is 45.8 Å². The van der Waals surface area contributed by atoms with Gasteiger partial charge in [-0.05, 0) is 56.5 Å². The number of likely N-dealkylation sites (N-methyl/N-ethyl adjacent to an activating group) is 1. The molecule has 0 fully saturated rings. The molecule has 3 aromatic rings. The molecular formula is C27H37N5O. The molecule has 1 aliphatic rings. The lowest BCUT2D eigenvalue weighted by Gasteiger charge is -2.27. The Kier molecular flexibility index (Phi) is 10.2. The van der Waals surface area contributed by atoms with E-state index in [1.165, 1.54) is 16.7 Å². The molecule has 1 heterocycles. The highest BCUT2D eigenvalue weighted by Crippen LogP contribution is 2.37. The van der Waals surface area contributed by atoms with Crippen LogP contribution in [0.1, 0.15) is 48.7 Å². The average Bonchev–Trinajstić information content (AvgIpc) is 2.80. The third-order valence-corrected chi connectivity index (χ3v) is 5.41. The fourth-order valence-corrected chi connectivity index (χ4v) is 4.00. The first-order valence-corrected chi connectivity index (χ1v) is 11.5. The number of anilines is 1. The summed E-state index contributed by atoms with van der Waals surface area (Å²) >= 11 is 0. The molecule has 0 radical (unpaired) electrons. The quantitative estimate of drug-likeness (QED) is 0.538. The van der Waals surface area contributed by atoms with Gasteiger partial charge in [0.1, 0.15) is 0 Å². The van der Waals surface area contributed by atoms with Crippen LogP contribution in [0.5, 0.6) is 0 Å². The Morgan fingerprint density at radius 1 is 1.00 bits per heavy atom. The molecule has 176 valence electrons. The van der Waals surface area contributed by atoms with Crippen LogP contribution in [0, 0.1) is 12.3 Å². The molecule has 0 spiro atoms. The second-order valence-electron chi connectivity index (χ2n) is 8.05. The van der Waals surface area contributed by atoms with Crippen LogP contribution in [0.3, 0.4) is 0 Å². The minimum atomic E-state index is 0.227. The monoisotopic (exact) mass is 447 g/mol. The molecule has 1 atom stereocenters. The van der Waals surface area contributed by atoms with Gasteiger partial charge in [-0.15, -0.1) is 0 Å². The van der Waals surface area contributed by atoms with Gasteiger partial charge in [0, 0.05) is 17.8 Å². The van der Waals surface area contributed by atoms with Crippen LogP contribution in [0.15, 0.2) is 54.6 Å². The smallest absolute Gasteiger partial charge is 0.220 e. The second kappa shape index (κ2) is 12.8. The summed E-state index contributed by atoms with van der Waals surface area (Å²) in [6, 6.07) is 18.9. The lowest BCUT2D eigenvalue weighted by atomic mass is 9.78. The number of hydrogen-bond acceptors (Lipinski definition) is 6. The normalized spacial score (nSPS) is 14.5. The largest absolute Gasteiger partial charge is 0.395 e. The number of nitrogen functional groups attached to an aromatic ring is 1. The Balaban J connectivity index is 0.000000421. The molecule has 0 saturated heterocycles. The minimum absolute atomic E-state index is 0.227. The molecule has 6 nitrogen and oxygen atoms in total. The lowest BCUT2D eigenvalue weighted by molar-refractivity contribution is 0.243. The lowest BCUT2D eigenvalue weighted by Crippen LogP contribution is -2.23. The van der Waals surface area contributed by atoms with E-state index in [0.717, 1.165) is 29.9 Å². The summed E-state index contributed by atoms with van der Waals surface area (Å²) in [4.78, 5) is 10.6. The maximum Gasteiger partial charge on any atom is 0.220 e. The molecule has 33 heavy (non-hydrogen) atoms. The van der Waals surface area contributed by atoms with Crippen molar-refractivity contribution in [2.45, 2.75) is 39.5 Å². The Hall–Kier alpha value is -3.09. The number of aliphatic hydroxyl groups excluding tert-OH is 1. The number of nitrogens with one attached hydrogen (secondary N) is 1. The maximum atomic E-state index is 8.52. The zero-order valence-corrected chi connectivity index (χ0v) is 20.5. The predicted molar refractivity (Wildman–Crippen MR) is 138 cm³/mol. The second-order valence-corrected chi connectivity index (χ2v) is 8.05. The van der Waals surface area contributed by atoms with Crippen LogP contribution in [0.25, 0.3) is 11.1 Å². The van der Waals surface area contributed by atoms with E-state index in [2.05, 4.69) is 58.5 Å². The summed E-state index contributed by atoms with van der Waals surface area (Å²) in [5.74, 6) is 0.520. The number of nitrogens with zero attached hydrogens (tertiary/aromatic N) is 3. The van der Waals surface area contributed by atoms with Gasteiger partial charge in [-0.1, -0.05) is 68.4 Å². The zero-order chi connectivity index (χ0) is 24.4. The van der Waals surface area contributed by atoms with Crippen molar-refractivity contribution in [2.24, 2.45) is 0 Å². The van der Waals surface area contributed by atoms with Gasteiger partial charge in [-0.25, -0.2) is 9.97 Å². The number of aromatic nitrogens is 2. The van der Waals surface area contributed by atoms with Gasteiger partial charge in [-0.2, -0.15) is 0 Å². The molecule has 1 unspecified atom stereocenters. The average molecular weight is 448 g/mol. The first-order valence-electron chi connectivity index (χ1n) is 11.5. The summed E-state index contributed by atoms with van der Waals surface area (Å²) in [5, 5.41) is 16.7. The van der Waals surface area contributed by atoms with Gasteiger partial charge in [0.05, 0.1) is 18.0 Å². The first-order chi connectivity index (χ1) is 15.9. The van der Waals surface area contributed by atoms with Gasteiger partial charge in [-0.3, -0.25) is 0 Å². The van der Waals surface area contributed by atoms with Crippen LogP contribution in [0.2, 0.25) is 0 Å². The van der Waals surface area contributed by atoms with Crippen molar-refractivity contribution in [3.05, 3.63) is 77.1 Å². The van der Waals surface area contributed by atoms with Crippen molar-refractivity contribution in [3.8, 4) is 11.1 Å². The van der Waals surface area contributed by atoms with Gasteiger partial charge in [0.2, 0.25) is 5.95 Å². The van der Waals surface area contributed by atoms with Crippen molar-refractivity contribution in [2.75, 3.05) is 33.0 Å². The highest BCUT2D eigenvalue weighted by Gasteiger charge is 2.28. The predicted octanol–water partition coefficient (Wildman–Crippen LogP) is 4.70. The van der Waals surface area contributed by atoms with E-state index >= 15 is 0 Å². The number of rotatable bonds is 4. The molecule has 0 aliphatic heterocycles. The molecular weight excluding hydrogens is 410 g/mol. The topological polar surface area (TPSA) is 99.1 Å². The number of aliphatic hydroxyl groups is 1. The Bertz CT molecular complexity index is 1030. The Morgan fingerprint density at radius 3 is 2.24 bits per heavy atom. The third kappa shape index (κ3) is 6.94. The number of benzene rings is 2. The number of fused-ring (bicyclic) bond motifs is 1. The molecule has 1 aliphatic carbocycles. The fourth-order valence-electron chi connectivity index (χ4n) is 4.00. The molecule has 4 rings (SSSR count). The van der Waals surface area contributed by atoms with Crippen LogP contribution >= 0.6 is 0 Å². The van der Waals surface area contributed by atoms with Gasteiger partial charge >= 0.3 is 0 Å². The minimum Gasteiger partial charge on any atom is -0.395 e. The van der Waals surface area contributed by atoms with Crippen molar-refractivity contribution >= 4 is 11.7 Å². The fraction of sp³-hybridized carbons (Fsp3) is 0.370. The molecule has 4 N–H and O–H groups in total. The number of nitrogens with two attached hydrogens (primary N) is 1. The van der Waals surface area contributed by atoms with E-state index in [1.54, 1.807) is 0 Å². The summed E-state index contributed by atoms with van der Waals surface area (Å²) in [6.07, 6.45) is 1.49.